The first-order chi connectivity index (χ1) is 14.0. The molecular formula is C22H22N2O5. The van der Waals surface area contributed by atoms with Crippen LogP contribution in [0.2, 0.25) is 0 Å². The van der Waals surface area contributed by atoms with Crippen LogP contribution in [-0.2, 0) is 20.7 Å². The number of hydrogen-bond acceptors (Lipinski definition) is 6. The third kappa shape index (κ3) is 3.38. The van der Waals surface area contributed by atoms with Crippen molar-refractivity contribution < 1.29 is 24.2 Å². The molecule has 1 fully saturated rings. The SMILES string of the molecule is COCCN1C(=O)C(=O)/C(=C(/O)c2ccc3c(c2)CC(C)O3)C1c1ccncc1. The minimum atomic E-state index is -0.703. The smallest absolute Gasteiger partial charge is 0.295 e. The molecule has 1 amide bonds. The normalized spacial score (nSPS) is 22.6. The summed E-state index contributed by atoms with van der Waals surface area (Å²) in [6.45, 7) is 2.49. The van der Waals surface area contributed by atoms with Crippen molar-refractivity contribution in [2.45, 2.75) is 25.5 Å². The number of rotatable bonds is 5. The van der Waals surface area contributed by atoms with Crippen LogP contribution in [0, 0.1) is 0 Å². The van der Waals surface area contributed by atoms with Crippen LogP contribution in [0.4, 0.5) is 0 Å². The van der Waals surface area contributed by atoms with Crippen molar-refractivity contribution in [3.8, 4) is 5.75 Å². The van der Waals surface area contributed by atoms with E-state index in [1.165, 1.54) is 12.0 Å². The molecule has 0 aliphatic carbocycles. The van der Waals surface area contributed by atoms with E-state index in [9.17, 15) is 14.7 Å². The van der Waals surface area contributed by atoms with Gasteiger partial charge < -0.3 is 19.5 Å². The first-order valence-corrected chi connectivity index (χ1v) is 9.48. The van der Waals surface area contributed by atoms with Gasteiger partial charge >= 0.3 is 0 Å². The molecule has 150 valence electrons. The van der Waals surface area contributed by atoms with E-state index in [1.54, 1.807) is 36.7 Å². The van der Waals surface area contributed by atoms with Gasteiger partial charge in [0.2, 0.25) is 0 Å². The lowest BCUT2D eigenvalue weighted by Gasteiger charge is -2.24. The van der Waals surface area contributed by atoms with Crippen LogP contribution in [0.1, 0.15) is 29.7 Å². The Kier molecular flexibility index (Phi) is 5.07. The number of ether oxygens (including phenoxy) is 2. The van der Waals surface area contributed by atoms with Crippen molar-refractivity contribution in [1.82, 2.24) is 9.88 Å². The van der Waals surface area contributed by atoms with Gasteiger partial charge in [0, 0.05) is 38.0 Å². The van der Waals surface area contributed by atoms with Crippen LogP contribution in [0.25, 0.3) is 5.76 Å². The van der Waals surface area contributed by atoms with Crippen molar-refractivity contribution in [3.63, 3.8) is 0 Å². The van der Waals surface area contributed by atoms with Gasteiger partial charge in [-0.15, -0.1) is 0 Å². The van der Waals surface area contributed by atoms with Crippen molar-refractivity contribution in [3.05, 3.63) is 65.0 Å². The minimum absolute atomic E-state index is 0.0684. The summed E-state index contributed by atoms with van der Waals surface area (Å²) in [4.78, 5) is 31.0. The number of likely N-dealkylation sites (tertiary alicyclic amines) is 1. The quantitative estimate of drug-likeness (QED) is 0.476. The van der Waals surface area contributed by atoms with Crippen LogP contribution in [0.5, 0.6) is 5.75 Å². The van der Waals surface area contributed by atoms with Crippen LogP contribution < -0.4 is 4.74 Å². The first kappa shape index (κ1) is 19.1. The molecule has 7 heteroatoms. The predicted octanol–water partition coefficient (Wildman–Crippen LogP) is 2.47. The van der Waals surface area contributed by atoms with Gasteiger partial charge in [-0.2, -0.15) is 0 Å². The van der Waals surface area contributed by atoms with E-state index >= 15 is 0 Å². The fraction of sp³-hybridized carbons (Fsp3) is 0.318. The molecule has 1 aromatic heterocycles. The van der Waals surface area contributed by atoms with Gasteiger partial charge in [0.05, 0.1) is 18.2 Å². The number of aliphatic hydroxyl groups excluding tert-OH is 1. The number of aliphatic hydroxyl groups is 1. The van der Waals surface area contributed by atoms with E-state index < -0.39 is 17.7 Å². The monoisotopic (exact) mass is 394 g/mol. The average molecular weight is 394 g/mol. The Hall–Kier alpha value is -3.19. The average Bonchev–Trinajstić information content (AvgIpc) is 3.22. The topological polar surface area (TPSA) is 89.0 Å². The molecule has 1 saturated heterocycles. The molecule has 0 radical (unpaired) electrons. The minimum Gasteiger partial charge on any atom is -0.507 e. The number of amides is 1. The first-order valence-electron chi connectivity index (χ1n) is 9.48. The molecule has 0 spiro atoms. The molecular weight excluding hydrogens is 372 g/mol. The number of pyridine rings is 1. The Labute approximate surface area is 168 Å². The number of fused-ring (bicyclic) bond motifs is 1. The molecule has 1 N–H and O–H groups in total. The zero-order chi connectivity index (χ0) is 20.5. The van der Waals surface area contributed by atoms with E-state index in [0.717, 1.165) is 17.7 Å². The van der Waals surface area contributed by atoms with Gasteiger partial charge in [0.15, 0.2) is 0 Å². The van der Waals surface area contributed by atoms with E-state index in [1.807, 2.05) is 13.0 Å². The van der Waals surface area contributed by atoms with Gasteiger partial charge in [-0.1, -0.05) is 0 Å². The Morgan fingerprint density at radius 1 is 1.28 bits per heavy atom. The Morgan fingerprint density at radius 3 is 2.76 bits per heavy atom. The highest BCUT2D eigenvalue weighted by Crippen LogP contribution is 2.40. The molecule has 2 aliphatic rings. The van der Waals surface area contributed by atoms with E-state index in [4.69, 9.17) is 9.47 Å². The lowest BCUT2D eigenvalue weighted by molar-refractivity contribution is -0.140. The number of ketones is 1. The molecule has 4 rings (SSSR count). The second-order valence-corrected chi connectivity index (χ2v) is 7.22. The summed E-state index contributed by atoms with van der Waals surface area (Å²) in [6, 6.07) is 8.09. The maximum absolute atomic E-state index is 12.9. The predicted molar refractivity (Wildman–Crippen MR) is 105 cm³/mol. The highest BCUT2D eigenvalue weighted by atomic mass is 16.5. The third-order valence-corrected chi connectivity index (χ3v) is 5.27. The second kappa shape index (κ2) is 7.67. The lowest BCUT2D eigenvalue weighted by atomic mass is 9.95. The zero-order valence-electron chi connectivity index (χ0n) is 16.3. The molecule has 2 aliphatic heterocycles. The van der Waals surface area contributed by atoms with E-state index in [2.05, 4.69) is 4.98 Å². The molecule has 29 heavy (non-hydrogen) atoms. The van der Waals surface area contributed by atoms with Crippen molar-refractivity contribution in [2.75, 3.05) is 20.3 Å². The zero-order valence-corrected chi connectivity index (χ0v) is 16.3. The fourth-order valence-corrected chi connectivity index (χ4v) is 3.92. The van der Waals surface area contributed by atoms with Crippen LogP contribution >= 0.6 is 0 Å². The highest BCUT2D eigenvalue weighted by molar-refractivity contribution is 6.46. The highest BCUT2D eigenvalue weighted by Gasteiger charge is 2.45. The van der Waals surface area contributed by atoms with E-state index in [0.29, 0.717) is 11.1 Å². The number of carbonyl (C=O) groups is 2. The third-order valence-electron chi connectivity index (χ3n) is 5.27. The summed E-state index contributed by atoms with van der Waals surface area (Å²) < 4.78 is 10.8. The Bertz CT molecular complexity index is 986. The Morgan fingerprint density at radius 2 is 2.03 bits per heavy atom. The van der Waals surface area contributed by atoms with E-state index in [-0.39, 0.29) is 30.6 Å². The summed E-state index contributed by atoms with van der Waals surface area (Å²) >= 11 is 0. The second-order valence-electron chi connectivity index (χ2n) is 7.22. The molecule has 3 heterocycles. The van der Waals surface area contributed by atoms with Crippen molar-refractivity contribution in [2.24, 2.45) is 0 Å². The van der Waals surface area contributed by atoms with Gasteiger partial charge in [-0.05, 0) is 48.4 Å². The number of methoxy groups -OCH3 is 1. The molecule has 0 bridgehead atoms. The van der Waals surface area contributed by atoms with Crippen molar-refractivity contribution >= 4 is 17.4 Å². The molecule has 1 aromatic carbocycles. The number of carbonyl (C=O) groups excluding carboxylic acids is 2. The summed E-state index contributed by atoms with van der Waals surface area (Å²) in [5.41, 5.74) is 2.24. The maximum atomic E-state index is 12.9. The van der Waals surface area contributed by atoms with Gasteiger partial charge in [-0.25, -0.2) is 0 Å². The number of hydrogen-bond donors (Lipinski definition) is 1. The summed E-state index contributed by atoms with van der Waals surface area (Å²) in [5.74, 6) is -0.762. The number of Topliss-reactive ketones (excluding diaryl/α,β-unsaturated/α-hetero) is 1. The maximum Gasteiger partial charge on any atom is 0.295 e. The van der Waals surface area contributed by atoms with Crippen LogP contribution in [0.15, 0.2) is 48.3 Å². The summed E-state index contributed by atoms with van der Waals surface area (Å²) in [6.07, 6.45) is 3.99. The standard InChI is InChI=1S/C22H22N2O5/c1-13-11-16-12-15(3-4-17(16)29-13)20(25)18-19(14-5-7-23-8-6-14)24(9-10-28-2)22(27)21(18)26/h3-8,12-13,19,25H,9-11H2,1-2H3/b20-18+. The van der Waals surface area contributed by atoms with Crippen LogP contribution in [0.3, 0.4) is 0 Å². The molecule has 7 nitrogen and oxygen atoms in total. The lowest BCUT2D eigenvalue weighted by Crippen LogP contribution is -2.32. The van der Waals surface area contributed by atoms with Gasteiger partial charge in [0.25, 0.3) is 11.7 Å². The largest absolute Gasteiger partial charge is 0.507 e. The van der Waals surface area contributed by atoms with Crippen LogP contribution in [-0.4, -0.2) is 53.0 Å². The molecule has 2 unspecified atom stereocenters. The van der Waals surface area contributed by atoms with Gasteiger partial charge in [-0.3, -0.25) is 14.6 Å². The fourth-order valence-electron chi connectivity index (χ4n) is 3.92. The van der Waals surface area contributed by atoms with Crippen molar-refractivity contribution in [1.29, 1.82) is 0 Å². The summed E-state index contributed by atoms with van der Waals surface area (Å²) in [7, 11) is 1.53. The molecule has 2 aromatic rings. The molecule has 0 saturated carbocycles. The number of nitrogens with zero attached hydrogens (tertiary/aromatic N) is 2. The summed E-state index contributed by atoms with van der Waals surface area (Å²) in [5, 5.41) is 11.1. The molecule has 2 atom stereocenters. The van der Waals surface area contributed by atoms with Gasteiger partial charge in [0.1, 0.15) is 17.6 Å². The Balaban J connectivity index is 1.82. The number of benzene rings is 1. The number of aromatic nitrogens is 1.